The molecule has 7 heteroatoms. The van der Waals surface area contributed by atoms with E-state index in [9.17, 15) is 4.79 Å². The number of nitrogens with one attached hydrogen (secondary N) is 1. The van der Waals surface area contributed by atoms with Crippen LogP contribution in [0.15, 0.2) is 34.7 Å². The Kier molecular flexibility index (Phi) is 6.41. The molecule has 1 saturated carbocycles. The SMILES string of the molecule is Cc1nnc(-c2cc(CC(C)C)n(-c3cccc(C(=O)N[C@@H]4C[C@@H](C)CC(C)(C)C4)c3)n2)o1. The highest BCUT2D eigenvalue weighted by Crippen LogP contribution is 2.38. The lowest BCUT2D eigenvalue weighted by atomic mass is 9.70. The van der Waals surface area contributed by atoms with Gasteiger partial charge in [-0.25, -0.2) is 4.68 Å². The Bertz CT molecular complexity index is 1130. The topological polar surface area (TPSA) is 85.8 Å². The Morgan fingerprint density at radius 3 is 2.70 bits per heavy atom. The number of hydrogen-bond donors (Lipinski definition) is 1. The maximum absolute atomic E-state index is 13.1. The number of benzene rings is 1. The zero-order valence-corrected chi connectivity index (χ0v) is 20.6. The van der Waals surface area contributed by atoms with Gasteiger partial charge in [0, 0.05) is 24.2 Å². The van der Waals surface area contributed by atoms with Crippen molar-refractivity contribution >= 4 is 5.91 Å². The van der Waals surface area contributed by atoms with Crippen molar-refractivity contribution in [3.63, 3.8) is 0 Å². The van der Waals surface area contributed by atoms with Crippen LogP contribution in [0.2, 0.25) is 0 Å². The lowest BCUT2D eigenvalue weighted by molar-refractivity contribution is 0.0874. The summed E-state index contributed by atoms with van der Waals surface area (Å²) in [5.41, 5.74) is 3.42. The van der Waals surface area contributed by atoms with Crippen LogP contribution in [-0.2, 0) is 6.42 Å². The van der Waals surface area contributed by atoms with Crippen molar-refractivity contribution in [1.82, 2.24) is 25.3 Å². The van der Waals surface area contributed by atoms with Crippen molar-refractivity contribution in [1.29, 1.82) is 0 Å². The van der Waals surface area contributed by atoms with E-state index in [4.69, 9.17) is 9.52 Å². The Morgan fingerprint density at radius 2 is 2.03 bits per heavy atom. The first-order chi connectivity index (χ1) is 15.6. The molecule has 1 N–H and O–H groups in total. The van der Waals surface area contributed by atoms with Crippen molar-refractivity contribution in [2.45, 2.75) is 73.3 Å². The van der Waals surface area contributed by atoms with Crippen LogP contribution in [0.5, 0.6) is 0 Å². The van der Waals surface area contributed by atoms with Crippen LogP contribution < -0.4 is 5.32 Å². The van der Waals surface area contributed by atoms with Gasteiger partial charge in [-0.3, -0.25) is 4.79 Å². The fourth-order valence-corrected chi connectivity index (χ4v) is 5.22. The van der Waals surface area contributed by atoms with Gasteiger partial charge >= 0.3 is 0 Å². The monoisotopic (exact) mass is 449 g/mol. The molecule has 2 atom stereocenters. The van der Waals surface area contributed by atoms with Crippen LogP contribution in [0, 0.1) is 24.2 Å². The molecule has 3 aromatic rings. The van der Waals surface area contributed by atoms with Crippen molar-refractivity contribution in [3.8, 4) is 17.3 Å². The van der Waals surface area contributed by atoms with Gasteiger partial charge in [-0.05, 0) is 67.2 Å². The van der Waals surface area contributed by atoms with Crippen molar-refractivity contribution in [2.24, 2.45) is 17.3 Å². The Morgan fingerprint density at radius 1 is 1.24 bits per heavy atom. The van der Waals surface area contributed by atoms with E-state index in [1.807, 2.05) is 35.0 Å². The molecule has 2 aromatic heterocycles. The molecule has 7 nitrogen and oxygen atoms in total. The molecule has 1 fully saturated rings. The molecule has 176 valence electrons. The standard InChI is InChI=1S/C26H35N5O2/c1-16(2)10-22-13-23(25-29-28-18(4)33-25)30-31(22)21-9-7-8-19(12-21)24(32)27-20-11-17(3)14-26(5,6)15-20/h7-9,12-13,16-17,20H,10-11,14-15H2,1-6H3,(H,27,32)/t17-,20-/m1/s1. The first-order valence-corrected chi connectivity index (χ1v) is 11.9. The second-order valence-corrected chi connectivity index (χ2v) is 10.8. The minimum atomic E-state index is -0.0305. The average Bonchev–Trinajstić information content (AvgIpc) is 3.32. The van der Waals surface area contributed by atoms with Gasteiger partial charge in [0.25, 0.3) is 11.8 Å². The van der Waals surface area contributed by atoms with Crippen LogP contribution in [0.4, 0.5) is 0 Å². The fourth-order valence-electron chi connectivity index (χ4n) is 5.22. The minimum absolute atomic E-state index is 0.0305. The minimum Gasteiger partial charge on any atom is -0.420 e. The summed E-state index contributed by atoms with van der Waals surface area (Å²) in [6.07, 6.45) is 4.08. The molecule has 1 aromatic carbocycles. The molecule has 1 amide bonds. The molecule has 1 aliphatic rings. The molecule has 0 saturated heterocycles. The Hall–Kier alpha value is -2.96. The summed E-state index contributed by atoms with van der Waals surface area (Å²) in [5.74, 6) is 1.93. The van der Waals surface area contributed by atoms with Crippen molar-refractivity contribution in [3.05, 3.63) is 47.5 Å². The number of carbonyl (C=O) groups is 1. The van der Waals surface area contributed by atoms with Gasteiger partial charge in [0.15, 0.2) is 0 Å². The van der Waals surface area contributed by atoms with E-state index in [1.54, 1.807) is 6.92 Å². The third kappa shape index (κ3) is 5.52. The molecular formula is C26H35N5O2. The molecule has 33 heavy (non-hydrogen) atoms. The van der Waals surface area contributed by atoms with E-state index < -0.39 is 0 Å². The number of amides is 1. The molecule has 2 heterocycles. The maximum Gasteiger partial charge on any atom is 0.268 e. The normalized spacial score (nSPS) is 20.2. The maximum atomic E-state index is 13.1. The Balaban J connectivity index is 1.60. The van der Waals surface area contributed by atoms with Crippen LogP contribution in [0.3, 0.4) is 0 Å². The van der Waals surface area contributed by atoms with Crippen LogP contribution in [0.1, 0.15) is 75.8 Å². The van der Waals surface area contributed by atoms with Crippen molar-refractivity contribution in [2.75, 3.05) is 0 Å². The lowest BCUT2D eigenvalue weighted by Crippen LogP contribution is -2.43. The molecular weight excluding hydrogens is 414 g/mol. The van der Waals surface area contributed by atoms with Gasteiger partial charge in [-0.1, -0.05) is 40.7 Å². The number of aryl methyl sites for hydroxylation is 1. The van der Waals surface area contributed by atoms with E-state index in [1.165, 1.54) is 6.42 Å². The quantitative estimate of drug-likeness (QED) is 0.546. The second kappa shape index (κ2) is 9.12. The van der Waals surface area contributed by atoms with Gasteiger partial charge < -0.3 is 9.73 Å². The third-order valence-corrected chi connectivity index (χ3v) is 6.22. The number of aromatic nitrogens is 4. The summed E-state index contributed by atoms with van der Waals surface area (Å²) >= 11 is 0. The number of carbonyl (C=O) groups excluding carboxylic acids is 1. The second-order valence-electron chi connectivity index (χ2n) is 10.8. The summed E-state index contributed by atoms with van der Waals surface area (Å²) in [7, 11) is 0. The molecule has 4 rings (SSSR count). The van der Waals surface area contributed by atoms with Gasteiger partial charge in [0.2, 0.25) is 5.89 Å². The van der Waals surface area contributed by atoms with Gasteiger partial charge in [0.05, 0.1) is 5.69 Å². The van der Waals surface area contributed by atoms with Gasteiger partial charge in [-0.15, -0.1) is 10.2 Å². The smallest absolute Gasteiger partial charge is 0.268 e. The number of rotatable bonds is 6. The lowest BCUT2D eigenvalue weighted by Gasteiger charge is -2.39. The number of nitrogens with zero attached hydrogens (tertiary/aromatic N) is 4. The third-order valence-electron chi connectivity index (χ3n) is 6.22. The highest BCUT2D eigenvalue weighted by Gasteiger charge is 2.32. The largest absolute Gasteiger partial charge is 0.420 e. The van der Waals surface area contributed by atoms with Crippen LogP contribution in [0.25, 0.3) is 17.3 Å². The summed E-state index contributed by atoms with van der Waals surface area (Å²) in [6, 6.07) is 9.85. The van der Waals surface area contributed by atoms with Crippen molar-refractivity contribution < 1.29 is 9.21 Å². The predicted molar refractivity (Wildman–Crippen MR) is 128 cm³/mol. The summed E-state index contributed by atoms with van der Waals surface area (Å²) < 4.78 is 7.47. The molecule has 1 aliphatic carbocycles. The zero-order chi connectivity index (χ0) is 23.8. The highest BCUT2D eigenvalue weighted by atomic mass is 16.4. The predicted octanol–water partition coefficient (Wildman–Crippen LogP) is 5.37. The van der Waals surface area contributed by atoms with Gasteiger partial charge in [-0.2, -0.15) is 5.10 Å². The van der Waals surface area contributed by atoms with E-state index in [0.29, 0.717) is 34.9 Å². The van der Waals surface area contributed by atoms with E-state index in [-0.39, 0.29) is 17.4 Å². The Labute approximate surface area is 196 Å². The first kappa shape index (κ1) is 23.2. The van der Waals surface area contributed by atoms with Crippen LogP contribution >= 0.6 is 0 Å². The summed E-state index contributed by atoms with van der Waals surface area (Å²) in [6.45, 7) is 13.0. The highest BCUT2D eigenvalue weighted by molar-refractivity contribution is 5.95. The summed E-state index contributed by atoms with van der Waals surface area (Å²) in [4.78, 5) is 13.1. The fraction of sp³-hybridized carbons (Fsp3) is 0.538. The molecule has 0 bridgehead atoms. The zero-order valence-electron chi connectivity index (χ0n) is 20.6. The first-order valence-electron chi connectivity index (χ1n) is 11.9. The van der Waals surface area contributed by atoms with E-state index in [0.717, 1.165) is 30.6 Å². The number of hydrogen-bond acceptors (Lipinski definition) is 5. The van der Waals surface area contributed by atoms with E-state index >= 15 is 0 Å². The van der Waals surface area contributed by atoms with E-state index in [2.05, 4.69) is 50.1 Å². The average molecular weight is 450 g/mol. The molecule has 0 radical (unpaired) electrons. The molecule has 0 aliphatic heterocycles. The molecule has 0 unspecified atom stereocenters. The van der Waals surface area contributed by atoms with Gasteiger partial charge in [0.1, 0.15) is 5.69 Å². The van der Waals surface area contributed by atoms with Crippen LogP contribution in [-0.4, -0.2) is 31.9 Å². The summed E-state index contributed by atoms with van der Waals surface area (Å²) in [5, 5.41) is 16.1. The molecule has 0 spiro atoms.